The Bertz CT molecular complexity index is 16.3. The average Bonchev–Trinajstić information content (AvgIpc) is 1.41. The van der Waals surface area contributed by atoms with Gasteiger partial charge in [0, 0.05) is 0 Å². The largest absolute Gasteiger partial charge is 0.412 e. The van der Waals surface area contributed by atoms with E-state index < -0.39 is 0 Å². The lowest BCUT2D eigenvalue weighted by Crippen LogP contribution is -1.71. The Morgan fingerprint density at radius 2 is 1.33 bits per heavy atom. The maximum Gasteiger partial charge on any atom is -0.00901 e. The second-order valence-corrected chi connectivity index (χ2v) is 1.70. The molecule has 0 aliphatic heterocycles. The lowest BCUT2D eigenvalue weighted by Gasteiger charge is -1.78. The Morgan fingerprint density at radius 1 is 1.00 bits per heavy atom. The van der Waals surface area contributed by atoms with Gasteiger partial charge < -0.3 is 5.48 Å². The van der Waals surface area contributed by atoms with E-state index in [1.807, 2.05) is 0 Å². The molecule has 0 saturated carbocycles. The van der Waals surface area contributed by atoms with Crippen LogP contribution in [0.4, 0.5) is 0 Å². The van der Waals surface area contributed by atoms with Crippen LogP contribution in [0.15, 0.2) is 0 Å². The maximum atomic E-state index is 3.95. The van der Waals surface area contributed by atoms with Gasteiger partial charge in [0.15, 0.2) is 0 Å². The summed E-state index contributed by atoms with van der Waals surface area (Å²) in [4.78, 5) is 0. The predicted molar refractivity (Wildman–Crippen MR) is 35.9 cm³/mol. The van der Waals surface area contributed by atoms with Crippen molar-refractivity contribution >= 4 is 25.3 Å². The van der Waals surface area contributed by atoms with Crippen LogP contribution in [0.3, 0.4) is 0 Å². The molecule has 0 bridgehead atoms. The fourth-order valence-corrected chi connectivity index (χ4v) is 0.636. The fraction of sp³-hybridized carbons (Fsp3) is 1.00. The highest BCUT2D eigenvalue weighted by Crippen LogP contribution is 1.83. The first-order chi connectivity index (χ1) is 2.41. The van der Waals surface area contributed by atoms with Gasteiger partial charge in [-0.1, -0.05) is 0 Å². The lowest BCUT2D eigenvalue weighted by molar-refractivity contribution is 0.824. The van der Waals surface area contributed by atoms with Gasteiger partial charge in [-0.05, 0) is 17.9 Å². The summed E-state index contributed by atoms with van der Waals surface area (Å²) in [6.07, 6.45) is 1.12. The van der Waals surface area contributed by atoms with E-state index in [0.717, 1.165) is 17.9 Å². The van der Waals surface area contributed by atoms with Crippen LogP contribution in [0.5, 0.6) is 0 Å². The zero-order valence-electron chi connectivity index (χ0n) is 3.52. The molecular formula is C3H10OS2. The normalized spacial score (nSPS) is 7.00. The number of hydrogen-bond donors (Lipinski definition) is 2. The van der Waals surface area contributed by atoms with Crippen molar-refractivity contribution in [3.63, 3.8) is 0 Å². The maximum absolute atomic E-state index is 3.95. The molecule has 0 rings (SSSR count). The molecule has 0 radical (unpaired) electrons. The molecule has 3 heteroatoms. The van der Waals surface area contributed by atoms with Gasteiger partial charge in [-0.3, -0.25) is 0 Å². The molecule has 0 aliphatic rings. The van der Waals surface area contributed by atoms with E-state index in [2.05, 4.69) is 25.3 Å². The van der Waals surface area contributed by atoms with Crippen molar-refractivity contribution in [2.24, 2.45) is 0 Å². The van der Waals surface area contributed by atoms with Crippen LogP contribution in [0.1, 0.15) is 6.42 Å². The SMILES string of the molecule is O.SCCCS. The van der Waals surface area contributed by atoms with Gasteiger partial charge in [-0.2, -0.15) is 25.3 Å². The van der Waals surface area contributed by atoms with Crippen LogP contribution < -0.4 is 0 Å². The second-order valence-electron chi connectivity index (χ2n) is 0.801. The Kier molecular flexibility index (Phi) is 15.0. The highest BCUT2D eigenvalue weighted by molar-refractivity contribution is 7.81. The fourth-order valence-electron chi connectivity index (χ4n) is 0.0707. The molecule has 0 amide bonds. The molecule has 0 saturated heterocycles. The third kappa shape index (κ3) is 8.82. The van der Waals surface area contributed by atoms with E-state index in [0.29, 0.717) is 0 Å². The zero-order chi connectivity index (χ0) is 4.12. The Balaban J connectivity index is 0. The molecule has 0 unspecified atom stereocenters. The predicted octanol–water partition coefficient (Wildman–Crippen LogP) is 0.411. The van der Waals surface area contributed by atoms with Gasteiger partial charge in [0.25, 0.3) is 0 Å². The zero-order valence-corrected chi connectivity index (χ0v) is 5.30. The molecule has 0 aliphatic carbocycles. The summed E-state index contributed by atoms with van der Waals surface area (Å²) in [6, 6.07) is 0. The molecule has 0 aromatic carbocycles. The van der Waals surface area contributed by atoms with Gasteiger partial charge in [0.2, 0.25) is 0 Å². The van der Waals surface area contributed by atoms with Crippen LogP contribution in [-0.4, -0.2) is 17.0 Å². The van der Waals surface area contributed by atoms with Crippen molar-refractivity contribution in [3.05, 3.63) is 0 Å². The molecule has 2 N–H and O–H groups in total. The standard InChI is InChI=1S/C3H8S2.H2O/c4-2-1-3-5;/h4-5H,1-3H2;1H2. The Labute approximate surface area is 49.3 Å². The Morgan fingerprint density at radius 3 is 1.33 bits per heavy atom. The van der Waals surface area contributed by atoms with E-state index in [1.165, 1.54) is 0 Å². The molecular weight excluding hydrogens is 116 g/mol. The van der Waals surface area contributed by atoms with Gasteiger partial charge in [-0.15, -0.1) is 0 Å². The highest BCUT2D eigenvalue weighted by Gasteiger charge is 1.69. The molecule has 1 nitrogen and oxygen atoms in total. The van der Waals surface area contributed by atoms with E-state index in [-0.39, 0.29) is 5.48 Å². The molecule has 6 heavy (non-hydrogen) atoms. The van der Waals surface area contributed by atoms with Gasteiger partial charge in [-0.25, -0.2) is 0 Å². The molecule has 0 spiro atoms. The van der Waals surface area contributed by atoms with Crippen LogP contribution in [0.25, 0.3) is 0 Å². The summed E-state index contributed by atoms with van der Waals surface area (Å²) in [7, 11) is 0. The van der Waals surface area contributed by atoms with Gasteiger partial charge in [0.05, 0.1) is 0 Å². The monoisotopic (exact) mass is 126 g/mol. The van der Waals surface area contributed by atoms with E-state index in [1.54, 1.807) is 0 Å². The van der Waals surface area contributed by atoms with Crippen molar-refractivity contribution in [2.75, 3.05) is 11.5 Å². The first-order valence-corrected chi connectivity index (χ1v) is 2.90. The minimum atomic E-state index is 0. The third-order valence-corrected chi connectivity index (χ3v) is 0.949. The minimum absolute atomic E-state index is 0. The average molecular weight is 126 g/mol. The molecule has 0 fully saturated rings. The summed E-state index contributed by atoms with van der Waals surface area (Å²) in [6.45, 7) is 0. The van der Waals surface area contributed by atoms with E-state index in [4.69, 9.17) is 0 Å². The summed E-state index contributed by atoms with van der Waals surface area (Å²) in [5, 5.41) is 0. The van der Waals surface area contributed by atoms with Crippen molar-refractivity contribution in [2.45, 2.75) is 6.42 Å². The molecule has 0 aromatic heterocycles. The van der Waals surface area contributed by atoms with Crippen molar-refractivity contribution in [3.8, 4) is 0 Å². The first-order valence-electron chi connectivity index (χ1n) is 1.63. The van der Waals surface area contributed by atoms with Gasteiger partial charge in [0.1, 0.15) is 0 Å². The highest BCUT2D eigenvalue weighted by atomic mass is 32.1. The number of thiol groups is 2. The lowest BCUT2D eigenvalue weighted by atomic mass is 10.6. The minimum Gasteiger partial charge on any atom is -0.412 e. The third-order valence-electron chi connectivity index (χ3n) is 0.316. The van der Waals surface area contributed by atoms with Crippen LogP contribution in [0, 0.1) is 0 Å². The molecule has 0 atom stereocenters. The van der Waals surface area contributed by atoms with E-state index >= 15 is 0 Å². The summed E-state index contributed by atoms with van der Waals surface area (Å²) >= 11 is 7.90. The molecule has 40 valence electrons. The van der Waals surface area contributed by atoms with Gasteiger partial charge >= 0.3 is 0 Å². The number of rotatable bonds is 2. The summed E-state index contributed by atoms with van der Waals surface area (Å²) in [5.41, 5.74) is 0. The van der Waals surface area contributed by atoms with E-state index in [9.17, 15) is 0 Å². The number of hydrogen-bond acceptors (Lipinski definition) is 2. The first kappa shape index (κ1) is 9.83. The second kappa shape index (κ2) is 9.18. The van der Waals surface area contributed by atoms with Crippen LogP contribution in [-0.2, 0) is 0 Å². The summed E-state index contributed by atoms with van der Waals surface area (Å²) in [5.74, 6) is 1.92. The molecule has 0 heterocycles. The smallest absolute Gasteiger partial charge is 0.00901 e. The quantitative estimate of drug-likeness (QED) is 0.502. The Hall–Kier alpha value is 0.660. The summed E-state index contributed by atoms with van der Waals surface area (Å²) < 4.78 is 0. The van der Waals surface area contributed by atoms with Crippen molar-refractivity contribution in [1.29, 1.82) is 0 Å². The topological polar surface area (TPSA) is 31.5 Å². The molecule has 0 aromatic rings. The van der Waals surface area contributed by atoms with Crippen molar-refractivity contribution in [1.82, 2.24) is 0 Å². The van der Waals surface area contributed by atoms with Crippen LogP contribution in [0.2, 0.25) is 0 Å². The van der Waals surface area contributed by atoms with Crippen molar-refractivity contribution < 1.29 is 5.48 Å². The van der Waals surface area contributed by atoms with Crippen LogP contribution >= 0.6 is 25.3 Å².